The van der Waals surface area contributed by atoms with Crippen molar-refractivity contribution in [2.45, 2.75) is 45.9 Å². The molecule has 0 fully saturated rings. The molecule has 0 aromatic carbocycles. The van der Waals surface area contributed by atoms with E-state index in [4.69, 9.17) is 10.5 Å². The first-order valence-corrected chi connectivity index (χ1v) is 5.61. The van der Waals surface area contributed by atoms with Gasteiger partial charge in [-0.3, -0.25) is 0 Å². The second-order valence-electron chi connectivity index (χ2n) is 5.66. The van der Waals surface area contributed by atoms with Gasteiger partial charge in [0.15, 0.2) is 0 Å². The first-order chi connectivity index (χ1) is 7.87. The van der Waals surface area contributed by atoms with Crippen LogP contribution in [-0.2, 0) is 4.74 Å². The summed E-state index contributed by atoms with van der Waals surface area (Å²) >= 11 is 0. The molecule has 1 unspecified atom stereocenters. The minimum atomic E-state index is -4.32. The molecule has 0 aromatic heterocycles. The van der Waals surface area contributed by atoms with Crippen molar-refractivity contribution in [3.05, 3.63) is 0 Å². The molecule has 4 nitrogen and oxygen atoms in total. The highest BCUT2D eigenvalue weighted by Gasteiger charge is 2.39. The van der Waals surface area contributed by atoms with E-state index in [0.29, 0.717) is 0 Å². The molecule has 0 radical (unpaired) electrons. The molecule has 18 heavy (non-hydrogen) atoms. The average Bonchev–Trinajstić information content (AvgIpc) is 2.09. The van der Waals surface area contributed by atoms with E-state index in [0.717, 1.165) is 0 Å². The van der Waals surface area contributed by atoms with E-state index >= 15 is 0 Å². The Morgan fingerprint density at radius 3 is 2.06 bits per heavy atom. The van der Waals surface area contributed by atoms with Gasteiger partial charge in [-0.2, -0.15) is 13.2 Å². The summed E-state index contributed by atoms with van der Waals surface area (Å²) in [6, 6.07) is 0. The van der Waals surface area contributed by atoms with Crippen LogP contribution >= 0.6 is 0 Å². The van der Waals surface area contributed by atoms with Crippen LogP contribution in [-0.4, -0.2) is 31.0 Å². The molecule has 0 saturated heterocycles. The van der Waals surface area contributed by atoms with Gasteiger partial charge in [-0.1, -0.05) is 6.92 Å². The third-order valence-corrected chi connectivity index (χ3v) is 2.18. The van der Waals surface area contributed by atoms with Gasteiger partial charge < -0.3 is 15.8 Å². The number of nitrogens with two attached hydrogens (primary N) is 1. The van der Waals surface area contributed by atoms with Crippen LogP contribution in [0.1, 0.15) is 34.1 Å². The smallest absolute Gasteiger partial charge is 0.407 e. The minimum absolute atomic E-state index is 0.178. The zero-order chi connectivity index (χ0) is 14.6. The largest absolute Gasteiger partial charge is 0.444 e. The average molecular weight is 270 g/mol. The SMILES string of the molecule is CC(CN)(CNC(=O)OC(C)(C)C)CC(F)(F)F. The number of halogens is 3. The Bertz CT molecular complexity index is 287. The Labute approximate surface area is 105 Å². The molecule has 0 aliphatic rings. The number of rotatable bonds is 4. The van der Waals surface area contributed by atoms with E-state index in [1.165, 1.54) is 6.92 Å². The minimum Gasteiger partial charge on any atom is -0.444 e. The van der Waals surface area contributed by atoms with E-state index in [9.17, 15) is 18.0 Å². The Morgan fingerprint density at radius 1 is 1.22 bits per heavy atom. The van der Waals surface area contributed by atoms with Gasteiger partial charge >= 0.3 is 12.3 Å². The predicted molar refractivity (Wildman–Crippen MR) is 62.1 cm³/mol. The number of amides is 1. The highest BCUT2D eigenvalue weighted by Crippen LogP contribution is 2.32. The van der Waals surface area contributed by atoms with Gasteiger partial charge in [-0.15, -0.1) is 0 Å². The lowest BCUT2D eigenvalue weighted by atomic mass is 9.86. The summed E-state index contributed by atoms with van der Waals surface area (Å²) in [5.74, 6) is 0. The fourth-order valence-corrected chi connectivity index (χ4v) is 1.29. The molecule has 3 N–H and O–H groups in total. The van der Waals surface area contributed by atoms with E-state index in [1.807, 2.05) is 0 Å². The maximum atomic E-state index is 12.3. The number of alkyl carbamates (subject to hydrolysis) is 1. The Hall–Kier alpha value is -0.980. The third-order valence-electron chi connectivity index (χ3n) is 2.18. The number of carbonyl (C=O) groups is 1. The van der Waals surface area contributed by atoms with Crippen molar-refractivity contribution in [2.24, 2.45) is 11.1 Å². The Balaban J connectivity index is 4.35. The second kappa shape index (κ2) is 5.77. The molecular formula is C11H21F3N2O2. The highest BCUT2D eigenvalue weighted by atomic mass is 19.4. The number of hydrogen-bond acceptors (Lipinski definition) is 3. The number of ether oxygens (including phenoxy) is 1. The van der Waals surface area contributed by atoms with Crippen LogP contribution in [0.5, 0.6) is 0 Å². The van der Waals surface area contributed by atoms with Crippen molar-refractivity contribution in [1.29, 1.82) is 0 Å². The fraction of sp³-hybridized carbons (Fsp3) is 0.909. The molecule has 0 rings (SSSR count). The van der Waals surface area contributed by atoms with Gasteiger partial charge in [0.1, 0.15) is 5.60 Å². The molecule has 7 heteroatoms. The first kappa shape index (κ1) is 17.0. The Morgan fingerprint density at radius 2 is 1.72 bits per heavy atom. The maximum Gasteiger partial charge on any atom is 0.407 e. The Kier molecular flexibility index (Phi) is 5.46. The van der Waals surface area contributed by atoms with E-state index in [2.05, 4.69) is 5.32 Å². The summed E-state index contributed by atoms with van der Waals surface area (Å²) in [7, 11) is 0. The molecule has 0 spiro atoms. The number of alkyl halides is 3. The predicted octanol–water partition coefficient (Wildman–Crippen LogP) is 2.43. The molecule has 0 aliphatic heterocycles. The monoisotopic (exact) mass is 270 g/mol. The van der Waals surface area contributed by atoms with Crippen LogP contribution in [0, 0.1) is 5.41 Å². The maximum absolute atomic E-state index is 12.3. The van der Waals surface area contributed by atoms with Gasteiger partial charge in [0.05, 0.1) is 6.42 Å². The molecule has 0 saturated carbocycles. The molecule has 0 heterocycles. The quantitative estimate of drug-likeness (QED) is 0.824. The molecule has 0 aliphatic carbocycles. The number of hydrogen-bond donors (Lipinski definition) is 2. The molecular weight excluding hydrogens is 249 g/mol. The van der Waals surface area contributed by atoms with Gasteiger partial charge in [-0.05, 0) is 27.3 Å². The molecule has 1 atom stereocenters. The molecule has 1 amide bonds. The molecule has 108 valence electrons. The van der Waals surface area contributed by atoms with Crippen molar-refractivity contribution in [3.63, 3.8) is 0 Å². The molecule has 0 bridgehead atoms. The first-order valence-electron chi connectivity index (χ1n) is 5.61. The summed E-state index contributed by atoms with van der Waals surface area (Å²) in [5.41, 5.74) is 3.42. The van der Waals surface area contributed by atoms with Crippen molar-refractivity contribution >= 4 is 6.09 Å². The van der Waals surface area contributed by atoms with Crippen LogP contribution in [0.2, 0.25) is 0 Å². The zero-order valence-corrected chi connectivity index (χ0v) is 11.1. The van der Waals surface area contributed by atoms with Gasteiger partial charge in [0, 0.05) is 12.0 Å². The summed E-state index contributed by atoms with van der Waals surface area (Å²) in [5, 5.41) is 2.31. The van der Waals surface area contributed by atoms with Crippen molar-refractivity contribution in [3.8, 4) is 0 Å². The fourth-order valence-electron chi connectivity index (χ4n) is 1.29. The lowest BCUT2D eigenvalue weighted by molar-refractivity contribution is -0.154. The lowest BCUT2D eigenvalue weighted by Crippen LogP contribution is -2.44. The van der Waals surface area contributed by atoms with E-state index in [-0.39, 0.29) is 13.1 Å². The van der Waals surface area contributed by atoms with Crippen molar-refractivity contribution in [1.82, 2.24) is 5.32 Å². The second-order valence-corrected chi connectivity index (χ2v) is 5.66. The van der Waals surface area contributed by atoms with Crippen LogP contribution in [0.15, 0.2) is 0 Å². The van der Waals surface area contributed by atoms with Crippen molar-refractivity contribution in [2.75, 3.05) is 13.1 Å². The van der Waals surface area contributed by atoms with E-state index < -0.39 is 29.7 Å². The summed E-state index contributed by atoms with van der Waals surface area (Å²) in [6.45, 7) is 6.03. The van der Waals surface area contributed by atoms with Crippen LogP contribution in [0.25, 0.3) is 0 Å². The van der Waals surface area contributed by atoms with Gasteiger partial charge in [0.2, 0.25) is 0 Å². The highest BCUT2D eigenvalue weighted by molar-refractivity contribution is 5.67. The van der Waals surface area contributed by atoms with Gasteiger partial charge in [-0.25, -0.2) is 4.79 Å². The lowest BCUT2D eigenvalue weighted by Gasteiger charge is -2.29. The molecule has 0 aromatic rings. The third kappa shape index (κ3) is 8.16. The zero-order valence-electron chi connectivity index (χ0n) is 11.1. The summed E-state index contributed by atoms with van der Waals surface area (Å²) in [4.78, 5) is 11.3. The van der Waals surface area contributed by atoms with Crippen LogP contribution in [0.4, 0.5) is 18.0 Å². The summed E-state index contributed by atoms with van der Waals surface area (Å²) < 4.78 is 41.9. The normalized spacial score (nSPS) is 16.0. The number of carbonyl (C=O) groups excluding carboxylic acids is 1. The summed E-state index contributed by atoms with van der Waals surface area (Å²) in [6.07, 6.45) is -6.11. The van der Waals surface area contributed by atoms with Crippen LogP contribution < -0.4 is 11.1 Å². The van der Waals surface area contributed by atoms with Crippen molar-refractivity contribution < 1.29 is 22.7 Å². The van der Waals surface area contributed by atoms with Crippen LogP contribution in [0.3, 0.4) is 0 Å². The standard InChI is InChI=1S/C11H21F3N2O2/c1-9(2,3)18-8(17)16-7-10(4,6-15)5-11(12,13)14/h5-7,15H2,1-4H3,(H,16,17). The number of nitrogens with one attached hydrogen (secondary N) is 1. The van der Waals surface area contributed by atoms with E-state index in [1.54, 1.807) is 20.8 Å². The topological polar surface area (TPSA) is 64.3 Å². The van der Waals surface area contributed by atoms with Gasteiger partial charge in [0.25, 0.3) is 0 Å².